The maximum atomic E-state index is 12.5. The van der Waals surface area contributed by atoms with Gasteiger partial charge in [-0.05, 0) is 43.9 Å². The van der Waals surface area contributed by atoms with E-state index in [1.165, 1.54) is 11.8 Å². The van der Waals surface area contributed by atoms with Crippen LogP contribution in [0.3, 0.4) is 0 Å². The van der Waals surface area contributed by atoms with Crippen molar-refractivity contribution in [3.05, 3.63) is 53.0 Å². The second kappa shape index (κ2) is 8.13. The normalized spacial score (nSPS) is 15.5. The summed E-state index contributed by atoms with van der Waals surface area (Å²) in [6, 6.07) is 17.9. The highest BCUT2D eigenvalue weighted by molar-refractivity contribution is 9.10. The molecule has 0 aliphatic heterocycles. The summed E-state index contributed by atoms with van der Waals surface area (Å²) in [4.78, 5) is 21.9. The van der Waals surface area contributed by atoms with Crippen LogP contribution in [0, 0.1) is 17.2 Å². The highest BCUT2D eigenvalue weighted by Crippen LogP contribution is 2.39. The first-order valence-electron chi connectivity index (χ1n) is 9.36. The van der Waals surface area contributed by atoms with Crippen LogP contribution in [0.25, 0.3) is 22.3 Å². The molecule has 1 saturated carbocycles. The number of fused-ring (bicyclic) bond motifs is 1. The number of carbonyl (C=O) groups excluding carboxylic acids is 1. The molecular formula is C22H19BrN4OS. The molecule has 1 N–H and O–H groups in total. The molecule has 1 fully saturated rings. The van der Waals surface area contributed by atoms with E-state index in [1.807, 2.05) is 48.5 Å². The van der Waals surface area contributed by atoms with Crippen molar-refractivity contribution in [2.75, 3.05) is 5.75 Å². The quantitative estimate of drug-likeness (QED) is 0.410. The van der Waals surface area contributed by atoms with E-state index in [-0.39, 0.29) is 17.6 Å². The minimum Gasteiger partial charge on any atom is -0.337 e. The summed E-state index contributed by atoms with van der Waals surface area (Å²) >= 11 is 4.82. The summed E-state index contributed by atoms with van der Waals surface area (Å²) < 4.78 is 0.990. The van der Waals surface area contributed by atoms with E-state index in [9.17, 15) is 10.1 Å². The van der Waals surface area contributed by atoms with Gasteiger partial charge in [0.15, 0.2) is 5.82 Å². The Morgan fingerprint density at radius 3 is 2.66 bits per heavy atom. The molecule has 1 aliphatic carbocycles. The molecule has 146 valence electrons. The average molecular weight is 467 g/mol. The summed E-state index contributed by atoms with van der Waals surface area (Å²) in [5, 5.41) is 14.0. The van der Waals surface area contributed by atoms with Crippen LogP contribution in [0.15, 0.2) is 58.0 Å². The van der Waals surface area contributed by atoms with Crippen molar-refractivity contribution in [2.24, 2.45) is 5.92 Å². The van der Waals surface area contributed by atoms with Gasteiger partial charge in [0.25, 0.3) is 0 Å². The number of benzene rings is 2. The maximum absolute atomic E-state index is 12.5. The zero-order chi connectivity index (χ0) is 20.4. The molecule has 0 radical (unpaired) electrons. The standard InChI is InChI=1S/C22H19BrN4OS/c1-22(13-24,15-8-9-15)27-19(28)12-29-21-17-4-2-3-5-18(17)25-20(26-21)14-6-10-16(23)11-7-14/h2-7,10-11,15H,8-9,12H2,1H3,(H,27,28). The van der Waals surface area contributed by atoms with Crippen molar-refractivity contribution in [1.29, 1.82) is 5.26 Å². The molecular weight excluding hydrogens is 448 g/mol. The Hall–Kier alpha value is -2.43. The topological polar surface area (TPSA) is 78.7 Å². The number of thioether (sulfide) groups is 1. The van der Waals surface area contributed by atoms with Gasteiger partial charge in [0.05, 0.1) is 17.3 Å². The van der Waals surface area contributed by atoms with Crippen molar-refractivity contribution >= 4 is 44.5 Å². The number of halogens is 1. The first-order chi connectivity index (χ1) is 14.0. The van der Waals surface area contributed by atoms with E-state index in [1.54, 1.807) is 6.92 Å². The van der Waals surface area contributed by atoms with Gasteiger partial charge >= 0.3 is 0 Å². The van der Waals surface area contributed by atoms with E-state index in [4.69, 9.17) is 4.98 Å². The minimum atomic E-state index is -0.784. The second-order valence-corrected chi connectivity index (χ2v) is 9.18. The van der Waals surface area contributed by atoms with Gasteiger partial charge in [0, 0.05) is 15.4 Å². The zero-order valence-electron chi connectivity index (χ0n) is 15.9. The van der Waals surface area contributed by atoms with Gasteiger partial charge in [-0.3, -0.25) is 4.79 Å². The molecule has 1 unspecified atom stereocenters. The van der Waals surface area contributed by atoms with Crippen molar-refractivity contribution in [3.8, 4) is 17.5 Å². The van der Waals surface area contributed by atoms with E-state index >= 15 is 0 Å². The lowest BCUT2D eigenvalue weighted by Crippen LogP contribution is -2.47. The Morgan fingerprint density at radius 1 is 1.24 bits per heavy atom. The van der Waals surface area contributed by atoms with Gasteiger partial charge in [-0.15, -0.1) is 0 Å². The predicted octanol–water partition coefficient (Wildman–Crippen LogP) is 4.96. The number of amides is 1. The van der Waals surface area contributed by atoms with Crippen LogP contribution in [0.5, 0.6) is 0 Å². The molecule has 1 atom stereocenters. The molecule has 1 amide bonds. The van der Waals surface area contributed by atoms with Crippen molar-refractivity contribution in [3.63, 3.8) is 0 Å². The molecule has 1 aromatic heterocycles. The largest absolute Gasteiger partial charge is 0.337 e. The number of hydrogen-bond donors (Lipinski definition) is 1. The zero-order valence-corrected chi connectivity index (χ0v) is 18.3. The Balaban J connectivity index is 1.58. The number of para-hydroxylation sites is 1. The van der Waals surface area contributed by atoms with Gasteiger partial charge in [-0.1, -0.05) is 58.0 Å². The van der Waals surface area contributed by atoms with Crippen molar-refractivity contribution in [2.45, 2.75) is 30.3 Å². The average Bonchev–Trinajstić information content (AvgIpc) is 3.58. The highest BCUT2D eigenvalue weighted by atomic mass is 79.9. The van der Waals surface area contributed by atoms with Gasteiger partial charge in [0.1, 0.15) is 10.6 Å². The minimum absolute atomic E-state index is 0.154. The second-order valence-electron chi connectivity index (χ2n) is 7.30. The third-order valence-corrected chi connectivity index (χ3v) is 6.56. The van der Waals surface area contributed by atoms with Crippen LogP contribution < -0.4 is 5.32 Å². The van der Waals surface area contributed by atoms with Crippen molar-refractivity contribution in [1.82, 2.24) is 15.3 Å². The smallest absolute Gasteiger partial charge is 0.231 e. The lowest BCUT2D eigenvalue weighted by molar-refractivity contribution is -0.119. The molecule has 0 saturated heterocycles. The summed E-state index contributed by atoms with van der Waals surface area (Å²) in [5.41, 5.74) is 0.966. The van der Waals surface area contributed by atoms with Crippen LogP contribution in [0.1, 0.15) is 19.8 Å². The fourth-order valence-electron chi connectivity index (χ4n) is 3.23. The van der Waals surface area contributed by atoms with E-state index in [0.29, 0.717) is 5.82 Å². The monoisotopic (exact) mass is 466 g/mol. The van der Waals surface area contributed by atoms with Gasteiger partial charge in [-0.2, -0.15) is 5.26 Å². The first kappa shape index (κ1) is 19.9. The Bertz CT molecular complexity index is 1110. The van der Waals surface area contributed by atoms with E-state index in [0.717, 1.165) is 38.8 Å². The Labute approximate surface area is 182 Å². The third-order valence-electron chi connectivity index (χ3n) is 5.04. The predicted molar refractivity (Wildman–Crippen MR) is 118 cm³/mol. The number of nitrogens with one attached hydrogen (secondary N) is 1. The third kappa shape index (κ3) is 4.44. The molecule has 4 rings (SSSR count). The highest BCUT2D eigenvalue weighted by Gasteiger charge is 2.42. The van der Waals surface area contributed by atoms with Crippen molar-refractivity contribution < 1.29 is 4.79 Å². The molecule has 2 aromatic carbocycles. The van der Waals surface area contributed by atoms with Crippen LogP contribution in [0.2, 0.25) is 0 Å². The summed E-state index contributed by atoms with van der Waals surface area (Å²) in [5.74, 6) is 0.924. The lowest BCUT2D eigenvalue weighted by Gasteiger charge is -2.22. The summed E-state index contributed by atoms with van der Waals surface area (Å²) in [6.07, 6.45) is 1.98. The fraction of sp³-hybridized carbons (Fsp3) is 0.273. The molecule has 0 bridgehead atoms. The number of nitrogens with zero attached hydrogens (tertiary/aromatic N) is 3. The van der Waals surface area contributed by atoms with Crippen LogP contribution in [-0.2, 0) is 4.79 Å². The number of aromatic nitrogens is 2. The maximum Gasteiger partial charge on any atom is 0.231 e. The summed E-state index contributed by atoms with van der Waals surface area (Å²) in [7, 11) is 0. The Kier molecular flexibility index (Phi) is 5.57. The number of nitriles is 1. The van der Waals surface area contributed by atoms with Gasteiger partial charge in [-0.25, -0.2) is 9.97 Å². The molecule has 29 heavy (non-hydrogen) atoms. The Morgan fingerprint density at radius 2 is 1.97 bits per heavy atom. The first-order valence-corrected chi connectivity index (χ1v) is 11.1. The fourth-order valence-corrected chi connectivity index (χ4v) is 4.31. The molecule has 3 aromatic rings. The van der Waals surface area contributed by atoms with E-state index in [2.05, 4.69) is 32.3 Å². The van der Waals surface area contributed by atoms with Crippen LogP contribution in [-0.4, -0.2) is 27.2 Å². The van der Waals surface area contributed by atoms with Gasteiger partial charge in [0.2, 0.25) is 5.91 Å². The molecule has 1 heterocycles. The van der Waals surface area contributed by atoms with Crippen LogP contribution in [0.4, 0.5) is 0 Å². The summed E-state index contributed by atoms with van der Waals surface area (Å²) in [6.45, 7) is 1.80. The molecule has 5 nitrogen and oxygen atoms in total. The number of rotatable bonds is 6. The van der Waals surface area contributed by atoms with E-state index < -0.39 is 5.54 Å². The van der Waals surface area contributed by atoms with Gasteiger partial charge < -0.3 is 5.32 Å². The molecule has 7 heteroatoms. The SMILES string of the molecule is CC(C#N)(NC(=O)CSc1nc(-c2ccc(Br)cc2)nc2ccccc12)C1CC1. The molecule has 1 aliphatic rings. The number of carbonyl (C=O) groups is 1. The van der Waals surface area contributed by atoms with Crippen LogP contribution >= 0.6 is 27.7 Å². The molecule has 0 spiro atoms. The lowest BCUT2D eigenvalue weighted by atomic mass is 9.98. The number of hydrogen-bond acceptors (Lipinski definition) is 5.